The van der Waals surface area contributed by atoms with Crippen LogP contribution in [0, 0.1) is 11.3 Å². The van der Waals surface area contributed by atoms with Crippen LogP contribution in [-0.2, 0) is 19.1 Å². The van der Waals surface area contributed by atoms with Crippen LogP contribution in [0.4, 0.5) is 5.69 Å². The summed E-state index contributed by atoms with van der Waals surface area (Å²) in [4.78, 5) is 33.1. The van der Waals surface area contributed by atoms with Crippen LogP contribution in [-0.4, -0.2) is 31.1 Å². The number of carbonyl (C=O) groups is 2. The van der Waals surface area contributed by atoms with Gasteiger partial charge in [-0.2, -0.15) is 5.26 Å². The minimum atomic E-state index is -0.940. The van der Waals surface area contributed by atoms with E-state index in [0.717, 1.165) is 4.88 Å². The van der Waals surface area contributed by atoms with E-state index in [9.17, 15) is 14.9 Å². The average molecular weight is 513 g/mol. The first-order valence-electron chi connectivity index (χ1n) is 11.1. The van der Waals surface area contributed by atoms with Crippen molar-refractivity contribution in [2.24, 2.45) is 5.73 Å². The zero-order valence-electron chi connectivity index (χ0n) is 19.8. The molecular weight excluding hydrogens is 492 g/mol. The van der Waals surface area contributed by atoms with Crippen LogP contribution in [0.5, 0.6) is 0 Å². The molecule has 0 radical (unpaired) electrons. The summed E-state index contributed by atoms with van der Waals surface area (Å²) in [7, 11) is 2.41. The zero-order chi connectivity index (χ0) is 26.1. The van der Waals surface area contributed by atoms with Gasteiger partial charge >= 0.3 is 11.9 Å². The normalized spacial score (nSPS) is 15.6. The Kier molecular flexibility index (Phi) is 6.21. The van der Waals surface area contributed by atoms with Crippen molar-refractivity contribution in [2.45, 2.75) is 5.92 Å². The number of allylic oxidation sites excluding steroid dienone is 1. The van der Waals surface area contributed by atoms with Crippen molar-refractivity contribution >= 4 is 40.1 Å². The average Bonchev–Trinajstić information content (AvgIpc) is 3.61. The molecule has 9 nitrogen and oxygen atoms in total. The third-order valence-electron chi connectivity index (χ3n) is 5.97. The Hall–Kier alpha value is -4.88. The van der Waals surface area contributed by atoms with Crippen molar-refractivity contribution in [3.05, 3.63) is 94.3 Å². The summed E-state index contributed by atoms with van der Waals surface area (Å²) in [5.74, 6) is -2.12. The molecule has 0 amide bonds. The number of hydrogen-bond donors (Lipinski definition) is 1. The highest BCUT2D eigenvalue weighted by atomic mass is 32.1. The van der Waals surface area contributed by atoms with Crippen LogP contribution in [0.2, 0.25) is 0 Å². The van der Waals surface area contributed by atoms with Crippen molar-refractivity contribution in [1.82, 2.24) is 4.98 Å². The van der Waals surface area contributed by atoms with Crippen molar-refractivity contribution in [3.8, 4) is 16.8 Å². The van der Waals surface area contributed by atoms with E-state index >= 15 is 0 Å². The number of fused-ring (bicyclic) bond motifs is 1. The number of anilines is 1. The van der Waals surface area contributed by atoms with Gasteiger partial charge in [0.15, 0.2) is 5.58 Å². The van der Waals surface area contributed by atoms with Crippen molar-refractivity contribution < 1.29 is 23.5 Å². The molecule has 184 valence electrons. The van der Waals surface area contributed by atoms with Crippen LogP contribution in [0.25, 0.3) is 21.9 Å². The van der Waals surface area contributed by atoms with Crippen molar-refractivity contribution in [1.29, 1.82) is 5.26 Å². The number of carbonyl (C=O) groups excluding carboxylic acids is 2. The molecular formula is C27H20N4O5S. The maximum Gasteiger partial charge on any atom is 0.355 e. The summed E-state index contributed by atoms with van der Waals surface area (Å²) >= 11 is 1.49. The summed E-state index contributed by atoms with van der Waals surface area (Å²) in [5, 5.41) is 12.1. The summed E-state index contributed by atoms with van der Waals surface area (Å²) in [5.41, 5.74) is 8.42. The number of nitriles is 1. The monoisotopic (exact) mass is 512 g/mol. The molecule has 0 aliphatic carbocycles. The summed E-state index contributed by atoms with van der Waals surface area (Å²) < 4.78 is 16.0. The van der Waals surface area contributed by atoms with Gasteiger partial charge in [0.1, 0.15) is 17.0 Å². The van der Waals surface area contributed by atoms with E-state index in [0.29, 0.717) is 28.2 Å². The predicted octanol–water partition coefficient (Wildman–Crippen LogP) is 4.45. The van der Waals surface area contributed by atoms with Gasteiger partial charge in [-0.15, -0.1) is 11.3 Å². The molecule has 1 unspecified atom stereocenters. The molecule has 0 fully saturated rings. The molecule has 0 saturated heterocycles. The van der Waals surface area contributed by atoms with Gasteiger partial charge in [0.05, 0.1) is 47.9 Å². The molecule has 4 aromatic rings. The van der Waals surface area contributed by atoms with Gasteiger partial charge < -0.3 is 19.6 Å². The lowest BCUT2D eigenvalue weighted by molar-refractivity contribution is -0.139. The summed E-state index contributed by atoms with van der Waals surface area (Å²) in [6, 6.07) is 19.8. The Morgan fingerprint density at radius 1 is 1.08 bits per heavy atom. The smallest absolute Gasteiger partial charge is 0.355 e. The standard InChI is InChI=1S/C27H20N4O5S/c1-34-26(32)22-21(15-7-4-3-5-8-15)17(14-28)24(29)31(23(22)27(33)35-2)16-10-11-19-18(13-16)30-25(36-19)20-9-6-12-37-20/h3-13,21H,29H2,1-2H3. The Morgan fingerprint density at radius 3 is 2.49 bits per heavy atom. The predicted molar refractivity (Wildman–Crippen MR) is 137 cm³/mol. The lowest BCUT2D eigenvalue weighted by Gasteiger charge is -2.35. The van der Waals surface area contributed by atoms with Crippen LogP contribution < -0.4 is 10.6 Å². The first-order valence-corrected chi connectivity index (χ1v) is 12.0. The molecule has 0 bridgehead atoms. The number of hydrogen-bond acceptors (Lipinski definition) is 10. The minimum absolute atomic E-state index is 0.0225. The second kappa shape index (κ2) is 9.64. The van der Waals surface area contributed by atoms with E-state index in [1.54, 1.807) is 48.5 Å². The zero-order valence-corrected chi connectivity index (χ0v) is 20.6. The SMILES string of the molecule is COC(=O)C1=C(C(=O)OC)N(c2ccc3oc(-c4cccs4)nc3c2)C(N)=C(C#N)C1c1ccccc1. The lowest BCUT2D eigenvalue weighted by Crippen LogP contribution is -2.40. The Balaban J connectivity index is 1.76. The van der Waals surface area contributed by atoms with Gasteiger partial charge in [-0.3, -0.25) is 4.90 Å². The highest BCUT2D eigenvalue weighted by Gasteiger charge is 2.43. The Labute approximate surface area is 215 Å². The molecule has 3 heterocycles. The van der Waals surface area contributed by atoms with E-state index in [1.165, 1.54) is 30.5 Å². The van der Waals surface area contributed by atoms with E-state index in [2.05, 4.69) is 11.1 Å². The fourth-order valence-corrected chi connectivity index (χ4v) is 4.99. The molecule has 1 atom stereocenters. The number of rotatable bonds is 5. The molecule has 5 rings (SSSR count). The minimum Gasteiger partial charge on any atom is -0.466 e. The molecule has 2 aromatic heterocycles. The van der Waals surface area contributed by atoms with Crippen LogP contribution in [0.3, 0.4) is 0 Å². The van der Waals surface area contributed by atoms with Gasteiger partial charge in [0, 0.05) is 0 Å². The number of benzene rings is 2. The quantitative estimate of drug-likeness (QED) is 0.385. The second-order valence-electron chi connectivity index (χ2n) is 7.98. The largest absolute Gasteiger partial charge is 0.466 e. The fourth-order valence-electron chi connectivity index (χ4n) is 4.34. The number of nitrogens with zero attached hydrogens (tertiary/aromatic N) is 3. The maximum atomic E-state index is 13.2. The van der Waals surface area contributed by atoms with Crippen LogP contribution in [0.1, 0.15) is 11.5 Å². The Bertz CT molecular complexity index is 1610. The maximum absolute atomic E-state index is 13.2. The summed E-state index contributed by atoms with van der Waals surface area (Å²) in [6.45, 7) is 0. The lowest BCUT2D eigenvalue weighted by atomic mass is 9.81. The highest BCUT2D eigenvalue weighted by Crippen LogP contribution is 2.43. The van der Waals surface area contributed by atoms with Crippen molar-refractivity contribution in [2.75, 3.05) is 19.1 Å². The van der Waals surface area contributed by atoms with Crippen LogP contribution in [0.15, 0.2) is 93.1 Å². The van der Waals surface area contributed by atoms with Gasteiger partial charge in [0.25, 0.3) is 0 Å². The van der Waals surface area contributed by atoms with E-state index in [-0.39, 0.29) is 22.7 Å². The molecule has 37 heavy (non-hydrogen) atoms. The topological polar surface area (TPSA) is 132 Å². The highest BCUT2D eigenvalue weighted by molar-refractivity contribution is 7.13. The van der Waals surface area contributed by atoms with Crippen molar-refractivity contribution in [3.63, 3.8) is 0 Å². The molecule has 1 aliphatic rings. The third-order valence-corrected chi connectivity index (χ3v) is 6.83. The number of methoxy groups -OCH3 is 2. The molecule has 1 aliphatic heterocycles. The molecule has 2 aromatic carbocycles. The first-order chi connectivity index (χ1) is 18.0. The fraction of sp³-hybridized carbons (Fsp3) is 0.111. The number of esters is 2. The van der Waals surface area contributed by atoms with Gasteiger partial charge in [-0.1, -0.05) is 36.4 Å². The molecule has 0 saturated carbocycles. The first kappa shape index (κ1) is 23.8. The number of aromatic nitrogens is 1. The number of ether oxygens (including phenoxy) is 2. The number of nitrogens with two attached hydrogens (primary N) is 1. The molecule has 10 heteroatoms. The number of thiophene rings is 1. The molecule has 2 N–H and O–H groups in total. The van der Waals surface area contributed by atoms with E-state index in [1.807, 2.05) is 17.5 Å². The van der Waals surface area contributed by atoms with E-state index in [4.69, 9.17) is 19.6 Å². The van der Waals surface area contributed by atoms with Crippen LogP contribution >= 0.6 is 11.3 Å². The third kappa shape index (κ3) is 4.01. The Morgan fingerprint density at radius 2 is 1.84 bits per heavy atom. The van der Waals surface area contributed by atoms with Gasteiger partial charge in [0.2, 0.25) is 5.89 Å². The summed E-state index contributed by atoms with van der Waals surface area (Å²) in [6.07, 6.45) is 0. The van der Waals surface area contributed by atoms with Gasteiger partial charge in [-0.05, 0) is 35.2 Å². The molecule has 0 spiro atoms. The second-order valence-corrected chi connectivity index (χ2v) is 8.93. The van der Waals surface area contributed by atoms with E-state index < -0.39 is 17.9 Å². The number of oxazole rings is 1. The van der Waals surface area contributed by atoms with Gasteiger partial charge in [-0.25, -0.2) is 14.6 Å².